The maximum absolute atomic E-state index is 13.5. The molecule has 0 amide bonds. The molecule has 0 spiro atoms. The van der Waals surface area contributed by atoms with Gasteiger partial charge in [-0.25, -0.2) is 9.50 Å². The van der Waals surface area contributed by atoms with Crippen LogP contribution in [-0.2, 0) is 11.2 Å². The monoisotopic (exact) mass is 455 g/mol. The fraction of sp³-hybridized carbons (Fsp3) is 0.200. The first-order valence-electron chi connectivity index (χ1n) is 9.53. The molecule has 1 aromatic carbocycles. The second-order valence-corrected chi connectivity index (χ2v) is 8.91. The van der Waals surface area contributed by atoms with E-state index in [2.05, 4.69) is 9.97 Å². The van der Waals surface area contributed by atoms with E-state index in [0.29, 0.717) is 39.3 Å². The van der Waals surface area contributed by atoms with Crippen LogP contribution in [0.5, 0.6) is 0 Å². The smallest absolute Gasteiger partial charge is 0.284 e. The Morgan fingerprint density at radius 1 is 1.26 bits per heavy atom. The Morgan fingerprint density at radius 3 is 2.71 bits per heavy atom. The number of halogens is 1. The first-order valence-corrected chi connectivity index (χ1v) is 11.5. The Bertz CT molecular complexity index is 1340. The molecule has 11 heteroatoms. The van der Waals surface area contributed by atoms with Crippen LogP contribution in [0.25, 0.3) is 11.2 Å². The van der Waals surface area contributed by atoms with Gasteiger partial charge in [-0.15, -0.1) is 0 Å². The predicted octanol–water partition coefficient (Wildman–Crippen LogP) is 2.20. The van der Waals surface area contributed by atoms with Gasteiger partial charge in [-0.05, 0) is 35.8 Å². The number of benzene rings is 1. The number of nitrogens with zero attached hydrogens (tertiary/aromatic N) is 6. The van der Waals surface area contributed by atoms with Crippen molar-refractivity contribution in [3.8, 4) is 5.69 Å². The van der Waals surface area contributed by atoms with Gasteiger partial charge < -0.3 is 15.2 Å². The van der Waals surface area contributed by atoms with E-state index in [9.17, 15) is 9.35 Å². The largest absolute Gasteiger partial charge is 0.612 e. The normalized spacial score (nSPS) is 17.0. The molecule has 0 saturated carbocycles. The summed E-state index contributed by atoms with van der Waals surface area (Å²) in [6.45, 7) is 0.653. The fourth-order valence-electron chi connectivity index (χ4n) is 3.78. The lowest BCUT2D eigenvalue weighted by Crippen LogP contribution is -2.45. The van der Waals surface area contributed by atoms with Crippen LogP contribution in [0.3, 0.4) is 0 Å². The maximum atomic E-state index is 13.5. The molecule has 4 heterocycles. The zero-order chi connectivity index (χ0) is 21.7. The first kappa shape index (κ1) is 19.9. The Kier molecular flexibility index (Phi) is 4.84. The topological polar surface area (TPSA) is 117 Å². The molecule has 1 saturated heterocycles. The van der Waals surface area contributed by atoms with Crippen LogP contribution in [0.1, 0.15) is 18.3 Å². The van der Waals surface area contributed by atoms with Gasteiger partial charge in [0.25, 0.3) is 5.56 Å². The van der Waals surface area contributed by atoms with Crippen LogP contribution in [0.15, 0.2) is 58.5 Å². The fourth-order valence-corrected chi connectivity index (χ4v) is 4.63. The number of fused-ring (bicyclic) bond motifs is 1. The van der Waals surface area contributed by atoms with Crippen LogP contribution in [0.4, 0.5) is 11.8 Å². The highest BCUT2D eigenvalue weighted by atomic mass is 35.5. The molecule has 158 valence electrons. The van der Waals surface area contributed by atoms with E-state index in [0.717, 1.165) is 6.42 Å². The lowest BCUT2D eigenvalue weighted by atomic mass is 10.0. The van der Waals surface area contributed by atoms with Crippen LogP contribution in [0.2, 0.25) is 5.02 Å². The highest BCUT2D eigenvalue weighted by Crippen LogP contribution is 2.39. The van der Waals surface area contributed by atoms with E-state index in [1.165, 1.54) is 10.7 Å². The van der Waals surface area contributed by atoms with Gasteiger partial charge in [-0.1, -0.05) is 29.8 Å². The highest BCUT2D eigenvalue weighted by molar-refractivity contribution is 7.90. The van der Waals surface area contributed by atoms with Gasteiger partial charge in [0.1, 0.15) is 11.8 Å². The number of hydrogen-bond donors (Lipinski definition) is 1. The minimum absolute atomic E-state index is 0.0934. The molecule has 1 aliphatic rings. The van der Waals surface area contributed by atoms with Crippen LogP contribution in [-0.4, -0.2) is 41.5 Å². The Labute approximate surface area is 185 Å². The van der Waals surface area contributed by atoms with Gasteiger partial charge in [-0.2, -0.15) is 10.1 Å². The zero-order valence-corrected chi connectivity index (χ0v) is 18.0. The molecule has 2 atom stereocenters. The lowest BCUT2D eigenvalue weighted by Gasteiger charge is -2.42. The Balaban J connectivity index is 1.71. The maximum Gasteiger partial charge on any atom is 0.284 e. The van der Waals surface area contributed by atoms with Gasteiger partial charge in [0.15, 0.2) is 11.6 Å². The number of anilines is 2. The molecule has 0 aliphatic carbocycles. The van der Waals surface area contributed by atoms with E-state index < -0.39 is 11.2 Å². The number of nitrogens with two attached hydrogens (primary N) is 1. The summed E-state index contributed by atoms with van der Waals surface area (Å²) in [5.41, 5.74) is 6.54. The third-order valence-corrected chi connectivity index (χ3v) is 6.54. The summed E-state index contributed by atoms with van der Waals surface area (Å²) in [6, 6.07) is 10.7. The summed E-state index contributed by atoms with van der Waals surface area (Å²) >= 11 is 4.96. The third kappa shape index (κ3) is 3.23. The molecular weight excluding hydrogens is 438 g/mol. The molecule has 31 heavy (non-hydrogen) atoms. The Hall–Kier alpha value is -3.08. The average molecular weight is 456 g/mol. The molecule has 9 nitrogen and oxygen atoms in total. The predicted molar refractivity (Wildman–Crippen MR) is 119 cm³/mol. The number of rotatable bonds is 4. The van der Waals surface area contributed by atoms with E-state index >= 15 is 0 Å². The molecule has 4 aromatic rings. The van der Waals surface area contributed by atoms with Crippen molar-refractivity contribution in [3.63, 3.8) is 0 Å². The van der Waals surface area contributed by atoms with Crippen LogP contribution in [0, 0.1) is 0 Å². The van der Waals surface area contributed by atoms with E-state index in [-0.39, 0.29) is 17.5 Å². The van der Waals surface area contributed by atoms with Gasteiger partial charge >= 0.3 is 0 Å². The van der Waals surface area contributed by atoms with E-state index in [1.54, 1.807) is 23.1 Å². The molecule has 1 fully saturated rings. The van der Waals surface area contributed by atoms with Crippen LogP contribution < -0.4 is 16.2 Å². The van der Waals surface area contributed by atoms with Crippen molar-refractivity contribution in [2.75, 3.05) is 23.4 Å². The van der Waals surface area contributed by atoms with Crippen molar-refractivity contribution in [3.05, 3.63) is 70.0 Å². The molecule has 0 bridgehead atoms. The van der Waals surface area contributed by atoms with Gasteiger partial charge in [-0.3, -0.25) is 9.36 Å². The van der Waals surface area contributed by atoms with E-state index in [1.807, 2.05) is 35.2 Å². The number of nitrogen functional groups attached to an aromatic ring is 1. The summed E-state index contributed by atoms with van der Waals surface area (Å²) in [7, 11) is 0. The third-order valence-electron chi connectivity index (χ3n) is 5.33. The summed E-state index contributed by atoms with van der Waals surface area (Å²) < 4.78 is 15.3. The standard InChI is InChI=1S/C20H18ClN7O2S/c1-31(30)15-11-23-20(22)24-18(15)26-9-8-14(26)17-25-27-10-7-13(21)16(27)19(29)28(17)12-5-3-2-4-6-12/h2-7,10-11,14H,8-9H2,1H3,(H2,22,23,24)/t14-,31?/m0/s1. The van der Waals surface area contributed by atoms with Crippen molar-refractivity contribution in [2.45, 2.75) is 17.4 Å². The molecule has 3 aromatic heterocycles. The van der Waals surface area contributed by atoms with E-state index in [4.69, 9.17) is 22.4 Å². The summed E-state index contributed by atoms with van der Waals surface area (Å²) in [6.07, 6.45) is 5.45. The molecule has 0 radical (unpaired) electrons. The van der Waals surface area contributed by atoms with Gasteiger partial charge in [0.2, 0.25) is 10.8 Å². The van der Waals surface area contributed by atoms with Crippen molar-refractivity contribution in [2.24, 2.45) is 0 Å². The Morgan fingerprint density at radius 2 is 2.03 bits per heavy atom. The van der Waals surface area contributed by atoms with Crippen molar-refractivity contribution in [1.82, 2.24) is 24.1 Å². The second-order valence-electron chi connectivity index (χ2n) is 7.16. The SMILES string of the molecule is C[S+]([O-])c1cnc(N)nc1N1CC[C@H]1c1nn2ccc(Cl)c2c(=O)n1-c1ccccc1. The van der Waals surface area contributed by atoms with Crippen molar-refractivity contribution >= 4 is 40.1 Å². The number of hydrogen-bond acceptors (Lipinski definition) is 7. The highest BCUT2D eigenvalue weighted by Gasteiger charge is 2.38. The van der Waals surface area contributed by atoms with Gasteiger partial charge in [0, 0.05) is 12.7 Å². The molecule has 5 rings (SSSR count). The quantitative estimate of drug-likeness (QED) is 0.468. The van der Waals surface area contributed by atoms with Crippen molar-refractivity contribution in [1.29, 1.82) is 0 Å². The molecule has 1 aliphatic heterocycles. The summed E-state index contributed by atoms with van der Waals surface area (Å²) in [5, 5.41) is 5.07. The van der Waals surface area contributed by atoms with Gasteiger partial charge in [0.05, 0.1) is 22.9 Å². The minimum atomic E-state index is -1.31. The minimum Gasteiger partial charge on any atom is -0.612 e. The van der Waals surface area contributed by atoms with Crippen molar-refractivity contribution < 1.29 is 4.55 Å². The molecule has 2 N–H and O–H groups in total. The lowest BCUT2D eigenvalue weighted by molar-refractivity contribution is 0.420. The average Bonchev–Trinajstić information content (AvgIpc) is 3.09. The summed E-state index contributed by atoms with van der Waals surface area (Å²) in [5.74, 6) is 1.12. The zero-order valence-electron chi connectivity index (χ0n) is 16.5. The summed E-state index contributed by atoms with van der Waals surface area (Å²) in [4.78, 5) is 24.2. The number of para-hydroxylation sites is 1. The first-order chi connectivity index (χ1) is 15.0. The van der Waals surface area contributed by atoms with Crippen LogP contribution >= 0.6 is 11.6 Å². The molecular formula is C20H18ClN7O2S. The second kappa shape index (κ2) is 7.56. The molecule has 1 unspecified atom stereocenters. The number of aromatic nitrogens is 5.